The maximum absolute atomic E-state index is 12.9. The molecule has 0 spiro atoms. The molecule has 0 unspecified atom stereocenters. The van der Waals surface area contributed by atoms with Crippen LogP contribution in [0.3, 0.4) is 0 Å². The Balaban J connectivity index is 1.56. The van der Waals surface area contributed by atoms with Crippen LogP contribution in [0.4, 0.5) is 0 Å². The molecule has 0 amide bonds. The van der Waals surface area contributed by atoms with E-state index in [9.17, 15) is 4.79 Å². The van der Waals surface area contributed by atoms with Crippen LogP contribution in [-0.4, -0.2) is 31.8 Å². The van der Waals surface area contributed by atoms with Crippen LogP contribution >= 0.6 is 11.6 Å². The van der Waals surface area contributed by atoms with Crippen LogP contribution in [-0.2, 0) is 6.42 Å². The summed E-state index contributed by atoms with van der Waals surface area (Å²) < 4.78 is 21.5. The average Bonchev–Trinajstić information content (AvgIpc) is 3.30. The van der Waals surface area contributed by atoms with Gasteiger partial charge in [-0.2, -0.15) is 0 Å². The fourth-order valence-electron chi connectivity index (χ4n) is 3.70. The quantitative estimate of drug-likeness (QED) is 0.470. The van der Waals surface area contributed by atoms with Gasteiger partial charge in [-0.15, -0.1) is 0 Å². The predicted octanol–water partition coefficient (Wildman–Crippen LogP) is 4.46. The van der Waals surface area contributed by atoms with Gasteiger partial charge in [-0.25, -0.2) is 4.98 Å². The molecule has 0 atom stereocenters. The molecular formula is C22H16ClNO5. The number of pyridine rings is 1. The number of ketones is 1. The van der Waals surface area contributed by atoms with Gasteiger partial charge in [0, 0.05) is 34.6 Å². The summed E-state index contributed by atoms with van der Waals surface area (Å²) in [6.45, 7) is 0.182. The molecule has 7 heteroatoms. The number of methoxy groups -OCH3 is 2. The van der Waals surface area contributed by atoms with E-state index in [-0.39, 0.29) is 12.6 Å². The minimum atomic E-state index is -0.0400. The number of carbonyl (C=O) groups excluding carboxylic acids is 1. The van der Waals surface area contributed by atoms with Crippen molar-refractivity contribution in [3.05, 3.63) is 57.7 Å². The smallest absolute Gasteiger partial charge is 0.231 e. The lowest BCUT2D eigenvalue weighted by Crippen LogP contribution is -1.97. The molecule has 0 radical (unpaired) electrons. The van der Waals surface area contributed by atoms with E-state index in [2.05, 4.69) is 4.98 Å². The maximum Gasteiger partial charge on any atom is 0.231 e. The molecule has 3 aromatic rings. The minimum Gasteiger partial charge on any atom is -0.493 e. The first-order chi connectivity index (χ1) is 14.1. The number of carbonyl (C=O) groups is 1. The zero-order valence-corrected chi connectivity index (χ0v) is 16.5. The van der Waals surface area contributed by atoms with Crippen LogP contribution < -0.4 is 18.9 Å². The first-order valence-electron chi connectivity index (χ1n) is 8.97. The molecule has 0 N–H and O–H groups in total. The fraction of sp³-hybridized carbons (Fsp3) is 0.182. The Bertz CT molecular complexity index is 1220. The molecule has 2 heterocycles. The van der Waals surface area contributed by atoms with Gasteiger partial charge in [0.05, 0.1) is 19.7 Å². The second kappa shape index (κ2) is 6.67. The van der Waals surface area contributed by atoms with Crippen molar-refractivity contribution in [2.45, 2.75) is 6.42 Å². The van der Waals surface area contributed by atoms with E-state index in [0.29, 0.717) is 56.8 Å². The number of aromatic nitrogens is 1. The van der Waals surface area contributed by atoms with Crippen molar-refractivity contribution < 1.29 is 23.7 Å². The van der Waals surface area contributed by atoms with Crippen molar-refractivity contribution in [2.24, 2.45) is 0 Å². The standard InChI is InChI=1S/C22H16ClNO5/c1-26-17-7-12-4-14(22(23)24-16(12)9-18(17)27-2)5-13-3-11-6-19-20(29-10-28-19)8-15(11)21(13)25/h4-9H,3,10H2,1-2H3/b13-5+. The van der Waals surface area contributed by atoms with E-state index in [1.54, 1.807) is 32.4 Å². The van der Waals surface area contributed by atoms with Gasteiger partial charge in [0.15, 0.2) is 28.8 Å². The van der Waals surface area contributed by atoms with Crippen molar-refractivity contribution in [3.8, 4) is 23.0 Å². The van der Waals surface area contributed by atoms with Crippen LogP contribution in [0.5, 0.6) is 23.0 Å². The van der Waals surface area contributed by atoms with Gasteiger partial charge in [-0.3, -0.25) is 4.79 Å². The second-order valence-corrected chi connectivity index (χ2v) is 7.16. The van der Waals surface area contributed by atoms with Crippen molar-refractivity contribution in [1.82, 2.24) is 4.98 Å². The number of nitrogens with zero attached hydrogens (tertiary/aromatic N) is 1. The van der Waals surface area contributed by atoms with Crippen molar-refractivity contribution in [3.63, 3.8) is 0 Å². The molecular weight excluding hydrogens is 394 g/mol. The number of hydrogen-bond acceptors (Lipinski definition) is 6. The van der Waals surface area contributed by atoms with Crippen molar-refractivity contribution >= 4 is 34.4 Å². The van der Waals surface area contributed by atoms with Crippen LogP contribution in [0.1, 0.15) is 21.5 Å². The molecule has 1 aromatic heterocycles. The van der Waals surface area contributed by atoms with E-state index in [1.165, 1.54) is 0 Å². The fourth-order valence-corrected chi connectivity index (χ4v) is 3.90. The lowest BCUT2D eigenvalue weighted by atomic mass is 10.1. The summed E-state index contributed by atoms with van der Waals surface area (Å²) in [5.74, 6) is 2.41. The highest BCUT2D eigenvalue weighted by Crippen LogP contribution is 2.40. The molecule has 0 saturated heterocycles. The highest BCUT2D eigenvalue weighted by atomic mass is 35.5. The topological polar surface area (TPSA) is 66.9 Å². The second-order valence-electron chi connectivity index (χ2n) is 6.81. The normalized spacial score (nSPS) is 15.8. The first-order valence-corrected chi connectivity index (χ1v) is 9.35. The highest BCUT2D eigenvalue weighted by molar-refractivity contribution is 6.31. The molecule has 2 aromatic carbocycles. The molecule has 29 heavy (non-hydrogen) atoms. The first kappa shape index (κ1) is 17.8. The molecule has 5 rings (SSSR count). The maximum atomic E-state index is 12.9. The number of benzene rings is 2. The van der Waals surface area contributed by atoms with Gasteiger partial charge in [0.2, 0.25) is 6.79 Å². The van der Waals surface area contributed by atoms with Gasteiger partial charge in [0.1, 0.15) is 5.15 Å². The largest absolute Gasteiger partial charge is 0.493 e. The van der Waals surface area contributed by atoms with Crippen molar-refractivity contribution in [1.29, 1.82) is 0 Å². The van der Waals surface area contributed by atoms with Crippen LogP contribution in [0.15, 0.2) is 35.9 Å². The van der Waals surface area contributed by atoms with E-state index in [4.69, 9.17) is 30.5 Å². The van der Waals surface area contributed by atoms with E-state index < -0.39 is 0 Å². The number of fused-ring (bicyclic) bond motifs is 3. The van der Waals surface area contributed by atoms with Crippen LogP contribution in [0.25, 0.3) is 17.0 Å². The lowest BCUT2D eigenvalue weighted by molar-refractivity contribution is 0.104. The third kappa shape index (κ3) is 2.87. The zero-order chi connectivity index (χ0) is 20.1. The molecule has 6 nitrogen and oxygen atoms in total. The van der Waals surface area contributed by atoms with Gasteiger partial charge in [-0.05, 0) is 35.9 Å². The van der Waals surface area contributed by atoms with Crippen molar-refractivity contribution in [2.75, 3.05) is 21.0 Å². The molecule has 146 valence electrons. The van der Waals surface area contributed by atoms with E-state index in [0.717, 1.165) is 10.9 Å². The third-order valence-corrected chi connectivity index (χ3v) is 5.45. The SMILES string of the molecule is COc1cc2cc(/C=C3\Cc4cc5c(cc4C3=O)OCO5)c(Cl)nc2cc1OC. The summed E-state index contributed by atoms with van der Waals surface area (Å²) in [4.78, 5) is 17.4. The number of halogens is 1. The number of hydrogen-bond donors (Lipinski definition) is 0. The summed E-state index contributed by atoms with van der Waals surface area (Å²) >= 11 is 6.41. The summed E-state index contributed by atoms with van der Waals surface area (Å²) in [6.07, 6.45) is 2.30. The molecule has 1 aliphatic carbocycles. The Morgan fingerprint density at radius 3 is 2.52 bits per heavy atom. The van der Waals surface area contributed by atoms with Gasteiger partial charge >= 0.3 is 0 Å². The third-order valence-electron chi connectivity index (χ3n) is 5.15. The molecule has 1 aliphatic heterocycles. The van der Waals surface area contributed by atoms with Crippen LogP contribution in [0, 0.1) is 0 Å². The van der Waals surface area contributed by atoms with Gasteiger partial charge < -0.3 is 18.9 Å². The molecule has 2 aliphatic rings. The Kier molecular flexibility index (Phi) is 4.10. The van der Waals surface area contributed by atoms with Gasteiger partial charge in [-0.1, -0.05) is 11.6 Å². The summed E-state index contributed by atoms with van der Waals surface area (Å²) in [6, 6.07) is 9.12. The molecule has 0 fully saturated rings. The zero-order valence-electron chi connectivity index (χ0n) is 15.7. The Hall–Kier alpha value is -3.25. The van der Waals surface area contributed by atoms with Crippen LogP contribution in [0.2, 0.25) is 5.15 Å². The molecule has 0 bridgehead atoms. The summed E-state index contributed by atoms with van der Waals surface area (Å²) in [7, 11) is 3.15. The van der Waals surface area contributed by atoms with Gasteiger partial charge in [0.25, 0.3) is 0 Å². The number of rotatable bonds is 3. The number of Topliss-reactive ketones (excluding diaryl/α,β-unsaturated/α-hetero) is 1. The van der Waals surface area contributed by atoms with E-state index >= 15 is 0 Å². The summed E-state index contributed by atoms with van der Waals surface area (Å²) in [5.41, 5.74) is 3.55. The monoisotopic (exact) mass is 409 g/mol. The Labute approximate surface area is 171 Å². The average molecular weight is 410 g/mol. The number of allylic oxidation sites excluding steroid dienone is 1. The predicted molar refractivity (Wildman–Crippen MR) is 108 cm³/mol. The highest BCUT2D eigenvalue weighted by Gasteiger charge is 2.29. The molecule has 0 saturated carbocycles. The minimum absolute atomic E-state index is 0.0400. The number of ether oxygens (including phenoxy) is 4. The Morgan fingerprint density at radius 1 is 1.03 bits per heavy atom. The Morgan fingerprint density at radius 2 is 1.76 bits per heavy atom. The van der Waals surface area contributed by atoms with E-state index in [1.807, 2.05) is 18.2 Å². The lowest BCUT2D eigenvalue weighted by Gasteiger charge is -2.10. The summed E-state index contributed by atoms with van der Waals surface area (Å²) in [5, 5.41) is 1.15.